The Morgan fingerprint density at radius 3 is 3.00 bits per heavy atom. The molecule has 0 fully saturated rings. The normalized spacial score (nSPS) is 10.1. The summed E-state index contributed by atoms with van der Waals surface area (Å²) in [5.41, 5.74) is 0.788. The molecule has 0 aliphatic carbocycles. The number of nitrogens with one attached hydrogen (secondary N) is 1. The Hall–Kier alpha value is -2.26. The van der Waals surface area contributed by atoms with Crippen molar-refractivity contribution < 1.29 is 14.5 Å². The SMILES string of the molecule is C=CCNc1nc(C(=O)OCc2csc([N+](=O)[O-])c2)cs1. The van der Waals surface area contributed by atoms with E-state index >= 15 is 0 Å². The van der Waals surface area contributed by atoms with E-state index in [9.17, 15) is 14.9 Å². The van der Waals surface area contributed by atoms with E-state index in [4.69, 9.17) is 4.74 Å². The number of rotatable bonds is 7. The predicted molar refractivity (Wildman–Crippen MR) is 80.9 cm³/mol. The van der Waals surface area contributed by atoms with Crippen LogP contribution in [0.2, 0.25) is 0 Å². The molecule has 21 heavy (non-hydrogen) atoms. The van der Waals surface area contributed by atoms with E-state index in [1.807, 2.05) is 0 Å². The van der Waals surface area contributed by atoms with E-state index in [1.165, 1.54) is 17.4 Å². The van der Waals surface area contributed by atoms with Crippen LogP contribution in [0.15, 0.2) is 29.5 Å². The first-order valence-electron chi connectivity index (χ1n) is 5.79. The van der Waals surface area contributed by atoms with Crippen molar-refractivity contribution in [2.45, 2.75) is 6.61 Å². The summed E-state index contributed by atoms with van der Waals surface area (Å²) in [4.78, 5) is 25.9. The van der Waals surface area contributed by atoms with Crippen LogP contribution < -0.4 is 5.32 Å². The molecule has 0 unspecified atom stereocenters. The molecule has 0 saturated carbocycles. The van der Waals surface area contributed by atoms with Gasteiger partial charge in [0.2, 0.25) is 0 Å². The Bertz CT molecular complexity index is 665. The van der Waals surface area contributed by atoms with Gasteiger partial charge in [0.05, 0.1) is 4.92 Å². The molecular formula is C12H11N3O4S2. The van der Waals surface area contributed by atoms with Gasteiger partial charge in [0.1, 0.15) is 6.61 Å². The van der Waals surface area contributed by atoms with Gasteiger partial charge in [-0.15, -0.1) is 17.9 Å². The van der Waals surface area contributed by atoms with E-state index in [-0.39, 0.29) is 17.3 Å². The summed E-state index contributed by atoms with van der Waals surface area (Å²) in [5, 5.41) is 17.3. The quantitative estimate of drug-likeness (QED) is 0.364. The number of carbonyl (C=O) groups excluding carboxylic acids is 1. The molecule has 0 saturated heterocycles. The molecule has 2 rings (SSSR count). The minimum absolute atomic E-state index is 0.0177. The van der Waals surface area contributed by atoms with Gasteiger partial charge in [-0.1, -0.05) is 17.4 Å². The van der Waals surface area contributed by atoms with Crippen molar-refractivity contribution in [1.82, 2.24) is 4.98 Å². The van der Waals surface area contributed by atoms with Crippen molar-refractivity contribution in [2.75, 3.05) is 11.9 Å². The number of thiophene rings is 1. The summed E-state index contributed by atoms with van der Waals surface area (Å²) in [6, 6.07) is 1.38. The number of anilines is 1. The lowest BCUT2D eigenvalue weighted by atomic mass is 10.3. The number of ether oxygens (including phenoxy) is 1. The zero-order chi connectivity index (χ0) is 15.2. The minimum Gasteiger partial charge on any atom is -0.456 e. The number of aromatic nitrogens is 1. The van der Waals surface area contributed by atoms with Crippen LogP contribution in [0.25, 0.3) is 0 Å². The third kappa shape index (κ3) is 4.10. The summed E-state index contributed by atoms with van der Waals surface area (Å²) in [6.45, 7) is 4.11. The molecule has 0 aromatic carbocycles. The van der Waals surface area contributed by atoms with Crippen LogP contribution >= 0.6 is 22.7 Å². The average molecular weight is 325 g/mol. The number of nitrogens with zero attached hydrogens (tertiary/aromatic N) is 2. The van der Waals surface area contributed by atoms with Crippen molar-refractivity contribution in [3.63, 3.8) is 0 Å². The largest absolute Gasteiger partial charge is 0.456 e. The Balaban J connectivity index is 1.90. The highest BCUT2D eigenvalue weighted by Gasteiger charge is 2.14. The molecule has 0 aliphatic rings. The number of nitro groups is 1. The van der Waals surface area contributed by atoms with Gasteiger partial charge >= 0.3 is 11.0 Å². The second-order valence-electron chi connectivity index (χ2n) is 3.83. The highest BCUT2D eigenvalue weighted by atomic mass is 32.1. The number of thiazole rings is 1. The van der Waals surface area contributed by atoms with Gasteiger partial charge < -0.3 is 10.1 Å². The number of esters is 1. The van der Waals surface area contributed by atoms with Gasteiger partial charge in [-0.05, 0) is 0 Å². The lowest BCUT2D eigenvalue weighted by Gasteiger charge is -2.00. The van der Waals surface area contributed by atoms with E-state index in [2.05, 4.69) is 16.9 Å². The molecule has 0 amide bonds. The Kier molecular flexibility index (Phi) is 5.01. The van der Waals surface area contributed by atoms with Gasteiger partial charge in [0.15, 0.2) is 10.8 Å². The second kappa shape index (κ2) is 6.95. The van der Waals surface area contributed by atoms with Crippen LogP contribution in [0.5, 0.6) is 0 Å². The molecule has 7 nitrogen and oxygen atoms in total. The van der Waals surface area contributed by atoms with Crippen LogP contribution in [0.1, 0.15) is 16.1 Å². The highest BCUT2D eigenvalue weighted by molar-refractivity contribution is 7.14. The van der Waals surface area contributed by atoms with Crippen LogP contribution in [0, 0.1) is 10.1 Å². The van der Waals surface area contributed by atoms with Gasteiger partial charge in [0, 0.05) is 28.9 Å². The van der Waals surface area contributed by atoms with Crippen LogP contribution in [0.4, 0.5) is 10.1 Å². The Labute approximate surface area is 128 Å². The van der Waals surface area contributed by atoms with E-state index in [0.717, 1.165) is 11.3 Å². The maximum atomic E-state index is 11.8. The topological polar surface area (TPSA) is 94.4 Å². The van der Waals surface area contributed by atoms with Crippen molar-refractivity contribution in [3.05, 3.63) is 50.9 Å². The molecule has 110 valence electrons. The molecule has 0 aliphatic heterocycles. The van der Waals surface area contributed by atoms with Crippen LogP contribution in [0.3, 0.4) is 0 Å². The maximum Gasteiger partial charge on any atom is 0.358 e. The summed E-state index contributed by atoms with van der Waals surface area (Å²) in [5.74, 6) is -0.563. The molecule has 0 radical (unpaired) electrons. The van der Waals surface area contributed by atoms with Crippen molar-refractivity contribution in [2.24, 2.45) is 0 Å². The number of hydrogen-bond acceptors (Lipinski definition) is 8. The van der Waals surface area contributed by atoms with Crippen LogP contribution in [-0.2, 0) is 11.3 Å². The summed E-state index contributed by atoms with van der Waals surface area (Å²) in [7, 11) is 0. The minimum atomic E-state index is -0.563. The Morgan fingerprint density at radius 2 is 2.33 bits per heavy atom. The third-order valence-corrected chi connectivity index (χ3v) is 4.03. The molecule has 0 spiro atoms. The smallest absolute Gasteiger partial charge is 0.358 e. The van der Waals surface area contributed by atoms with E-state index < -0.39 is 10.9 Å². The highest BCUT2D eigenvalue weighted by Crippen LogP contribution is 2.23. The van der Waals surface area contributed by atoms with Gasteiger partial charge in [0.25, 0.3) is 0 Å². The fraction of sp³-hybridized carbons (Fsp3) is 0.167. The van der Waals surface area contributed by atoms with Gasteiger partial charge in [-0.25, -0.2) is 9.78 Å². The zero-order valence-electron chi connectivity index (χ0n) is 10.8. The van der Waals surface area contributed by atoms with Crippen LogP contribution in [-0.4, -0.2) is 22.4 Å². The van der Waals surface area contributed by atoms with Crippen molar-refractivity contribution in [1.29, 1.82) is 0 Å². The van der Waals surface area contributed by atoms with E-state index in [0.29, 0.717) is 17.2 Å². The molecule has 0 atom stereocenters. The first kappa shape index (κ1) is 15.1. The fourth-order valence-corrected chi connectivity index (χ4v) is 2.77. The molecule has 1 N–H and O–H groups in total. The third-order valence-electron chi connectivity index (χ3n) is 2.30. The van der Waals surface area contributed by atoms with Gasteiger partial charge in [-0.2, -0.15) is 0 Å². The second-order valence-corrected chi connectivity index (χ2v) is 5.58. The summed E-state index contributed by atoms with van der Waals surface area (Å²) >= 11 is 2.28. The standard InChI is InChI=1S/C12H11N3O4S2/c1-2-3-13-12-14-9(7-21-12)11(16)19-5-8-4-10(15(17)18)20-6-8/h2,4,6-7H,1,3,5H2,(H,13,14). The zero-order valence-corrected chi connectivity index (χ0v) is 12.4. The van der Waals surface area contributed by atoms with E-state index in [1.54, 1.807) is 16.8 Å². The molecule has 0 bridgehead atoms. The average Bonchev–Trinajstić information content (AvgIpc) is 3.11. The summed E-state index contributed by atoms with van der Waals surface area (Å²) in [6.07, 6.45) is 1.68. The lowest BCUT2D eigenvalue weighted by molar-refractivity contribution is -0.380. The van der Waals surface area contributed by atoms with Crippen molar-refractivity contribution >= 4 is 38.8 Å². The molecule has 2 aromatic heterocycles. The fourth-order valence-electron chi connectivity index (χ4n) is 1.37. The monoisotopic (exact) mass is 325 g/mol. The summed E-state index contributed by atoms with van der Waals surface area (Å²) < 4.78 is 5.07. The maximum absolute atomic E-state index is 11.8. The molecule has 9 heteroatoms. The Morgan fingerprint density at radius 1 is 1.52 bits per heavy atom. The number of carbonyl (C=O) groups is 1. The van der Waals surface area contributed by atoms with Gasteiger partial charge in [-0.3, -0.25) is 10.1 Å². The lowest BCUT2D eigenvalue weighted by Crippen LogP contribution is -2.06. The first-order chi connectivity index (χ1) is 10.1. The first-order valence-corrected chi connectivity index (χ1v) is 7.55. The molecule has 2 heterocycles. The molecule has 2 aromatic rings. The van der Waals surface area contributed by atoms with Crippen molar-refractivity contribution in [3.8, 4) is 0 Å². The predicted octanol–water partition coefficient (Wildman–Crippen LogP) is 3.07. The molecular weight excluding hydrogens is 314 g/mol. The number of hydrogen-bond donors (Lipinski definition) is 1.